The lowest BCUT2D eigenvalue weighted by atomic mass is 10.1. The molecule has 1 aliphatic heterocycles. The Morgan fingerprint density at radius 2 is 2.07 bits per heavy atom. The highest BCUT2D eigenvalue weighted by Gasteiger charge is 2.31. The highest BCUT2D eigenvalue weighted by Crippen LogP contribution is 2.27. The van der Waals surface area contributed by atoms with E-state index in [4.69, 9.17) is 12.2 Å². The van der Waals surface area contributed by atoms with Crippen molar-refractivity contribution in [2.45, 2.75) is 46.2 Å². The molecule has 1 aromatic carbocycles. The van der Waals surface area contributed by atoms with Gasteiger partial charge in [-0.05, 0) is 50.5 Å². The summed E-state index contributed by atoms with van der Waals surface area (Å²) in [5.41, 5.74) is 5.29. The van der Waals surface area contributed by atoms with Crippen molar-refractivity contribution in [1.82, 2.24) is 14.7 Å². The third kappa shape index (κ3) is 4.38. The Kier molecular flexibility index (Phi) is 6.09. The number of aryl methyl sites for hydroxylation is 2. The topological polar surface area (TPSA) is 67.2 Å². The Morgan fingerprint density at radius 3 is 2.71 bits per heavy atom. The first-order chi connectivity index (χ1) is 13.2. The minimum Gasteiger partial charge on any atom is -0.348 e. The molecule has 1 saturated heterocycles. The molecule has 3 rings (SSSR count). The summed E-state index contributed by atoms with van der Waals surface area (Å²) >= 11 is 5.60. The van der Waals surface area contributed by atoms with Crippen molar-refractivity contribution in [3.8, 4) is 0 Å². The van der Waals surface area contributed by atoms with E-state index in [0.717, 1.165) is 29.1 Å². The van der Waals surface area contributed by atoms with Crippen LogP contribution in [0, 0.1) is 13.8 Å². The Balaban J connectivity index is 1.73. The lowest BCUT2D eigenvalue weighted by Gasteiger charge is -2.22. The molecule has 0 amide bonds. The molecule has 2 aromatic rings. The van der Waals surface area contributed by atoms with Gasteiger partial charge in [0.25, 0.3) is 0 Å². The van der Waals surface area contributed by atoms with Gasteiger partial charge in [0.1, 0.15) is 0 Å². The third-order valence-corrected chi connectivity index (χ3v) is 7.58. The number of benzene rings is 1. The average Bonchev–Trinajstić information content (AvgIpc) is 3.15. The maximum atomic E-state index is 11.8. The second-order valence-electron chi connectivity index (χ2n) is 7.45. The van der Waals surface area contributed by atoms with Gasteiger partial charge in [-0.2, -0.15) is 5.10 Å². The predicted molar refractivity (Wildman–Crippen MR) is 118 cm³/mol. The van der Waals surface area contributed by atoms with Crippen LogP contribution in [0.5, 0.6) is 0 Å². The number of hydrogen-bond donors (Lipinski definition) is 1. The molecule has 0 saturated carbocycles. The van der Waals surface area contributed by atoms with E-state index in [0.29, 0.717) is 18.1 Å². The lowest BCUT2D eigenvalue weighted by molar-refractivity contribution is 0.479. The van der Waals surface area contributed by atoms with Crippen molar-refractivity contribution in [3.05, 3.63) is 46.8 Å². The number of sulfone groups is 1. The molecule has 152 valence electrons. The summed E-state index contributed by atoms with van der Waals surface area (Å²) in [5.74, 6) is 0.425. The van der Waals surface area contributed by atoms with E-state index in [2.05, 4.69) is 23.4 Å². The van der Waals surface area contributed by atoms with E-state index in [-0.39, 0.29) is 17.5 Å². The molecule has 1 fully saturated rings. The van der Waals surface area contributed by atoms with Crippen molar-refractivity contribution in [2.75, 3.05) is 23.9 Å². The smallest absolute Gasteiger partial charge is 0.173 e. The first kappa shape index (κ1) is 20.8. The van der Waals surface area contributed by atoms with Crippen LogP contribution in [0.4, 0.5) is 5.69 Å². The molecule has 1 N–H and O–H groups in total. The zero-order valence-corrected chi connectivity index (χ0v) is 18.5. The zero-order valence-electron chi connectivity index (χ0n) is 16.9. The normalized spacial score (nSPS) is 18.2. The van der Waals surface area contributed by atoms with E-state index in [9.17, 15) is 8.42 Å². The maximum Gasteiger partial charge on any atom is 0.173 e. The monoisotopic (exact) mass is 420 g/mol. The lowest BCUT2D eigenvalue weighted by Crippen LogP contribution is -2.31. The molecule has 2 heterocycles. The van der Waals surface area contributed by atoms with Gasteiger partial charge in [-0.15, -0.1) is 0 Å². The summed E-state index contributed by atoms with van der Waals surface area (Å²) in [5, 5.41) is 8.64. The quantitative estimate of drug-likeness (QED) is 0.749. The Morgan fingerprint density at radius 1 is 1.36 bits per heavy atom. The second kappa shape index (κ2) is 8.21. The van der Waals surface area contributed by atoms with Crippen molar-refractivity contribution < 1.29 is 8.42 Å². The molecule has 0 unspecified atom stereocenters. The van der Waals surface area contributed by atoms with Crippen LogP contribution in [-0.4, -0.2) is 46.8 Å². The molecule has 0 bridgehead atoms. The van der Waals surface area contributed by atoms with Crippen LogP contribution in [-0.2, 0) is 22.8 Å². The number of para-hydroxylation sites is 1. The van der Waals surface area contributed by atoms with Gasteiger partial charge in [0, 0.05) is 30.5 Å². The summed E-state index contributed by atoms with van der Waals surface area (Å²) in [6.07, 6.45) is 1.57. The minimum absolute atomic E-state index is 0.0655. The first-order valence-corrected chi connectivity index (χ1v) is 11.8. The van der Waals surface area contributed by atoms with Gasteiger partial charge in [-0.25, -0.2) is 8.42 Å². The Bertz CT molecular complexity index is 982. The van der Waals surface area contributed by atoms with Crippen LogP contribution in [0.2, 0.25) is 0 Å². The maximum absolute atomic E-state index is 11.8. The zero-order chi connectivity index (χ0) is 20.5. The molecule has 0 spiro atoms. The van der Waals surface area contributed by atoms with Gasteiger partial charge < -0.3 is 10.2 Å². The number of thiocarbonyl (C=S) groups is 1. The number of rotatable bonds is 5. The number of aromatic nitrogens is 2. The van der Waals surface area contributed by atoms with E-state index in [1.165, 1.54) is 5.56 Å². The van der Waals surface area contributed by atoms with Crippen molar-refractivity contribution in [3.63, 3.8) is 0 Å². The highest BCUT2D eigenvalue weighted by molar-refractivity contribution is 7.91. The fraction of sp³-hybridized carbons (Fsp3) is 0.500. The van der Waals surface area contributed by atoms with E-state index < -0.39 is 9.84 Å². The van der Waals surface area contributed by atoms with Gasteiger partial charge in [0.15, 0.2) is 14.9 Å². The highest BCUT2D eigenvalue weighted by atomic mass is 32.2. The molecular formula is C20H28N4O2S2. The molecule has 0 aliphatic carbocycles. The number of nitrogens with one attached hydrogen (secondary N) is 1. The van der Waals surface area contributed by atoms with Crippen LogP contribution in [0.1, 0.15) is 41.9 Å². The van der Waals surface area contributed by atoms with Gasteiger partial charge in [-0.3, -0.25) is 4.68 Å². The summed E-state index contributed by atoms with van der Waals surface area (Å²) in [4.78, 5) is 1.99. The van der Waals surface area contributed by atoms with Gasteiger partial charge >= 0.3 is 0 Å². The minimum atomic E-state index is -2.94. The van der Waals surface area contributed by atoms with Crippen molar-refractivity contribution >= 4 is 32.9 Å². The van der Waals surface area contributed by atoms with Crippen LogP contribution in [0.3, 0.4) is 0 Å². The molecule has 28 heavy (non-hydrogen) atoms. The third-order valence-electron chi connectivity index (χ3n) is 5.41. The molecule has 0 radical (unpaired) electrons. The summed E-state index contributed by atoms with van der Waals surface area (Å²) < 4.78 is 25.6. The summed E-state index contributed by atoms with van der Waals surface area (Å²) in [7, 11) is -0.985. The Hall–Kier alpha value is -1.93. The SMILES string of the molecule is CCc1ccccc1NC(=S)N(C)Cc1c(C)nn([C@@H]2CCS(=O)(=O)C2)c1C. The van der Waals surface area contributed by atoms with Crippen molar-refractivity contribution in [1.29, 1.82) is 0 Å². The summed E-state index contributed by atoms with van der Waals surface area (Å²) in [6, 6.07) is 8.09. The van der Waals surface area contributed by atoms with Crippen molar-refractivity contribution in [2.24, 2.45) is 0 Å². The molecular weight excluding hydrogens is 392 g/mol. The van der Waals surface area contributed by atoms with Gasteiger partial charge in [0.2, 0.25) is 0 Å². The second-order valence-corrected chi connectivity index (χ2v) is 10.1. The Labute approximate surface area is 172 Å². The molecule has 1 aromatic heterocycles. The van der Waals surface area contributed by atoms with Crippen LogP contribution in [0.15, 0.2) is 24.3 Å². The van der Waals surface area contributed by atoms with Crippen LogP contribution < -0.4 is 5.32 Å². The fourth-order valence-electron chi connectivity index (χ4n) is 3.72. The van der Waals surface area contributed by atoms with Gasteiger partial charge in [-0.1, -0.05) is 25.1 Å². The van der Waals surface area contributed by atoms with Crippen LogP contribution >= 0.6 is 12.2 Å². The average molecular weight is 421 g/mol. The van der Waals surface area contributed by atoms with Crippen LogP contribution in [0.25, 0.3) is 0 Å². The fourth-order valence-corrected chi connectivity index (χ4v) is 5.59. The predicted octanol–water partition coefficient (Wildman–Crippen LogP) is 3.25. The standard InChI is InChI=1S/C20H28N4O2S2/c1-5-16-8-6-7-9-19(16)21-20(27)23(4)12-18-14(2)22-24(15(18)3)17-10-11-28(25,26)13-17/h6-9,17H,5,10-13H2,1-4H3,(H,21,27)/t17-/m1/s1. The van der Waals surface area contributed by atoms with E-state index in [1.807, 2.05) is 48.7 Å². The molecule has 1 atom stereocenters. The van der Waals surface area contributed by atoms with E-state index in [1.54, 1.807) is 0 Å². The molecule has 1 aliphatic rings. The number of hydrogen-bond acceptors (Lipinski definition) is 4. The van der Waals surface area contributed by atoms with E-state index >= 15 is 0 Å². The summed E-state index contributed by atoms with van der Waals surface area (Å²) in [6.45, 7) is 6.73. The number of nitrogens with zero attached hydrogens (tertiary/aromatic N) is 3. The number of anilines is 1. The molecule has 8 heteroatoms. The first-order valence-electron chi connectivity index (χ1n) is 9.57. The van der Waals surface area contributed by atoms with Gasteiger partial charge in [0.05, 0.1) is 23.2 Å². The largest absolute Gasteiger partial charge is 0.348 e. The molecule has 6 nitrogen and oxygen atoms in total.